The van der Waals surface area contributed by atoms with Gasteiger partial charge in [-0.25, -0.2) is 12.8 Å². The Morgan fingerprint density at radius 2 is 1.68 bits per heavy atom. The maximum atomic E-state index is 13.0. The van der Waals surface area contributed by atoms with Crippen LogP contribution < -0.4 is 0 Å². The Kier molecular flexibility index (Phi) is 6.31. The summed E-state index contributed by atoms with van der Waals surface area (Å²) >= 11 is 3.42. The lowest BCUT2D eigenvalue weighted by Gasteiger charge is -2.22. The first kappa shape index (κ1) is 19.6. The van der Waals surface area contributed by atoms with E-state index in [2.05, 4.69) is 15.9 Å². The number of sulfonamides is 1. The van der Waals surface area contributed by atoms with E-state index in [1.807, 2.05) is 24.3 Å². The summed E-state index contributed by atoms with van der Waals surface area (Å²) < 4.78 is 39.7. The molecule has 8 heteroatoms. The summed E-state index contributed by atoms with van der Waals surface area (Å²) in [6.45, 7) is 0.0470. The standard InChI is InChI=1S/C17H18BrFN2O3S/c1-20(11-13-5-3-4-6-16(13)18)17(22)12-21(2)25(23,24)15-9-7-14(19)8-10-15/h3-10H,11-12H2,1-2H3. The third kappa shape index (κ3) is 4.87. The Balaban J connectivity index is 2.06. The van der Waals surface area contributed by atoms with Gasteiger partial charge in [0, 0.05) is 25.1 Å². The van der Waals surface area contributed by atoms with Gasteiger partial charge in [0.2, 0.25) is 15.9 Å². The average Bonchev–Trinajstić information content (AvgIpc) is 2.57. The van der Waals surface area contributed by atoms with Crippen LogP contribution in [0.3, 0.4) is 0 Å². The molecule has 0 fully saturated rings. The summed E-state index contributed by atoms with van der Waals surface area (Å²) in [6.07, 6.45) is 0. The monoisotopic (exact) mass is 428 g/mol. The highest BCUT2D eigenvalue weighted by molar-refractivity contribution is 9.10. The maximum absolute atomic E-state index is 13.0. The lowest BCUT2D eigenvalue weighted by Crippen LogP contribution is -2.39. The molecule has 0 saturated heterocycles. The van der Waals surface area contributed by atoms with E-state index in [-0.39, 0.29) is 17.3 Å². The lowest BCUT2D eigenvalue weighted by atomic mass is 10.2. The van der Waals surface area contributed by atoms with Crippen LogP contribution >= 0.6 is 15.9 Å². The molecular weight excluding hydrogens is 411 g/mol. The molecule has 0 aromatic heterocycles. The van der Waals surface area contributed by atoms with Gasteiger partial charge in [-0.2, -0.15) is 4.31 Å². The van der Waals surface area contributed by atoms with Gasteiger partial charge in [0.05, 0.1) is 11.4 Å². The first-order chi connectivity index (χ1) is 11.7. The Hall–Kier alpha value is -1.77. The van der Waals surface area contributed by atoms with Crippen LogP contribution in [0.2, 0.25) is 0 Å². The van der Waals surface area contributed by atoms with E-state index >= 15 is 0 Å². The number of hydrogen-bond acceptors (Lipinski definition) is 3. The molecule has 0 bridgehead atoms. The third-order valence-corrected chi connectivity index (χ3v) is 6.26. The van der Waals surface area contributed by atoms with E-state index in [0.29, 0.717) is 6.54 Å². The van der Waals surface area contributed by atoms with Crippen LogP contribution in [0.15, 0.2) is 57.9 Å². The van der Waals surface area contributed by atoms with Crippen molar-refractivity contribution in [2.45, 2.75) is 11.4 Å². The number of carbonyl (C=O) groups excluding carboxylic acids is 1. The van der Waals surface area contributed by atoms with Crippen molar-refractivity contribution < 1.29 is 17.6 Å². The SMILES string of the molecule is CN(Cc1ccccc1Br)C(=O)CN(C)S(=O)(=O)c1ccc(F)cc1. The number of carbonyl (C=O) groups is 1. The van der Waals surface area contributed by atoms with Crippen molar-refractivity contribution in [1.82, 2.24) is 9.21 Å². The van der Waals surface area contributed by atoms with Gasteiger partial charge in [-0.05, 0) is 35.9 Å². The molecule has 2 rings (SSSR count). The molecule has 2 aromatic rings. The van der Waals surface area contributed by atoms with Crippen LogP contribution in [-0.4, -0.2) is 44.2 Å². The summed E-state index contributed by atoms with van der Waals surface area (Å²) in [7, 11) is -0.922. The number of likely N-dealkylation sites (N-methyl/N-ethyl adjacent to an activating group) is 2. The molecule has 0 saturated carbocycles. The molecule has 5 nitrogen and oxygen atoms in total. The minimum absolute atomic E-state index is 0.0577. The van der Waals surface area contributed by atoms with Crippen molar-refractivity contribution in [2.24, 2.45) is 0 Å². The molecule has 134 valence electrons. The second-order valence-corrected chi connectivity index (χ2v) is 8.46. The third-order valence-electron chi connectivity index (χ3n) is 3.67. The molecule has 25 heavy (non-hydrogen) atoms. The van der Waals surface area contributed by atoms with Gasteiger partial charge in [-0.3, -0.25) is 4.79 Å². The molecule has 0 heterocycles. The number of rotatable bonds is 6. The highest BCUT2D eigenvalue weighted by atomic mass is 79.9. The molecule has 0 aliphatic carbocycles. The van der Waals surface area contributed by atoms with E-state index < -0.39 is 15.8 Å². The van der Waals surface area contributed by atoms with Crippen molar-refractivity contribution in [1.29, 1.82) is 0 Å². The summed E-state index contributed by atoms with van der Waals surface area (Å²) in [6, 6.07) is 12.0. The summed E-state index contributed by atoms with van der Waals surface area (Å²) in [5.74, 6) is -0.866. The zero-order valence-electron chi connectivity index (χ0n) is 13.8. The number of benzene rings is 2. The molecule has 2 aromatic carbocycles. The van der Waals surface area contributed by atoms with E-state index in [4.69, 9.17) is 0 Å². The zero-order chi connectivity index (χ0) is 18.6. The first-order valence-electron chi connectivity index (χ1n) is 7.41. The van der Waals surface area contributed by atoms with Crippen LogP contribution in [0.5, 0.6) is 0 Å². The van der Waals surface area contributed by atoms with Crippen molar-refractivity contribution in [3.05, 3.63) is 64.4 Å². The Bertz CT molecular complexity index is 856. The fraction of sp³-hybridized carbons (Fsp3) is 0.235. The van der Waals surface area contributed by atoms with Crippen LogP contribution in [0, 0.1) is 5.82 Å². The van der Waals surface area contributed by atoms with E-state index in [0.717, 1.165) is 26.5 Å². The quantitative estimate of drug-likeness (QED) is 0.710. The smallest absolute Gasteiger partial charge is 0.243 e. The number of amides is 1. The van der Waals surface area contributed by atoms with Gasteiger partial charge in [-0.1, -0.05) is 34.1 Å². The fourth-order valence-corrected chi connectivity index (χ4v) is 3.68. The fourth-order valence-electron chi connectivity index (χ4n) is 2.15. The van der Waals surface area contributed by atoms with Crippen molar-refractivity contribution >= 4 is 31.9 Å². The summed E-state index contributed by atoms with van der Waals surface area (Å²) in [5.41, 5.74) is 0.919. The van der Waals surface area contributed by atoms with Gasteiger partial charge in [0.1, 0.15) is 5.82 Å². The molecule has 1 amide bonds. The minimum atomic E-state index is -3.86. The maximum Gasteiger partial charge on any atom is 0.243 e. The van der Waals surface area contributed by atoms with E-state index in [9.17, 15) is 17.6 Å². The van der Waals surface area contributed by atoms with Crippen LogP contribution in [0.4, 0.5) is 4.39 Å². The van der Waals surface area contributed by atoms with Crippen LogP contribution in [0.25, 0.3) is 0 Å². The van der Waals surface area contributed by atoms with Crippen molar-refractivity contribution in [3.8, 4) is 0 Å². The predicted octanol–water partition coefficient (Wildman–Crippen LogP) is 2.87. The Labute approximate surface area is 155 Å². The van der Waals surface area contributed by atoms with E-state index in [1.54, 1.807) is 7.05 Å². The largest absolute Gasteiger partial charge is 0.340 e. The molecule has 0 aliphatic heterocycles. The van der Waals surface area contributed by atoms with Gasteiger partial charge in [0.25, 0.3) is 0 Å². The Morgan fingerprint density at radius 3 is 2.28 bits per heavy atom. The average molecular weight is 429 g/mol. The van der Waals surface area contributed by atoms with Crippen molar-refractivity contribution in [2.75, 3.05) is 20.6 Å². The van der Waals surface area contributed by atoms with Crippen molar-refractivity contribution in [3.63, 3.8) is 0 Å². The number of halogens is 2. The summed E-state index contributed by atoms with van der Waals surface area (Å²) in [4.78, 5) is 13.7. The van der Waals surface area contributed by atoms with Crippen LogP contribution in [0.1, 0.15) is 5.56 Å². The van der Waals surface area contributed by atoms with Gasteiger partial charge < -0.3 is 4.90 Å². The lowest BCUT2D eigenvalue weighted by molar-refractivity contribution is -0.130. The highest BCUT2D eigenvalue weighted by Crippen LogP contribution is 2.18. The van der Waals surface area contributed by atoms with Gasteiger partial charge >= 0.3 is 0 Å². The van der Waals surface area contributed by atoms with E-state index in [1.165, 1.54) is 24.1 Å². The Morgan fingerprint density at radius 1 is 1.08 bits per heavy atom. The molecule has 0 N–H and O–H groups in total. The second-order valence-electron chi connectivity index (χ2n) is 5.56. The molecule has 0 aliphatic rings. The highest BCUT2D eigenvalue weighted by Gasteiger charge is 2.24. The molecule has 0 radical (unpaired) electrons. The molecular formula is C17H18BrFN2O3S. The second kappa shape index (κ2) is 8.07. The topological polar surface area (TPSA) is 57.7 Å². The molecule has 0 atom stereocenters. The number of hydrogen-bond donors (Lipinski definition) is 0. The zero-order valence-corrected chi connectivity index (χ0v) is 16.2. The normalized spacial score (nSPS) is 11.6. The predicted molar refractivity (Wildman–Crippen MR) is 96.8 cm³/mol. The van der Waals surface area contributed by atoms with Crippen LogP contribution in [-0.2, 0) is 21.4 Å². The molecule has 0 spiro atoms. The van der Waals surface area contributed by atoms with Gasteiger partial charge in [-0.15, -0.1) is 0 Å². The molecule has 0 unspecified atom stereocenters. The number of nitrogens with zero attached hydrogens (tertiary/aromatic N) is 2. The summed E-state index contributed by atoms with van der Waals surface area (Å²) in [5, 5.41) is 0. The first-order valence-corrected chi connectivity index (χ1v) is 9.64. The van der Waals surface area contributed by atoms with Gasteiger partial charge in [0.15, 0.2) is 0 Å². The minimum Gasteiger partial charge on any atom is -0.340 e.